The van der Waals surface area contributed by atoms with E-state index in [1.165, 1.54) is 4.90 Å². The first-order chi connectivity index (χ1) is 9.40. The summed E-state index contributed by atoms with van der Waals surface area (Å²) in [5.74, 6) is 0. The van der Waals surface area contributed by atoms with Gasteiger partial charge in [-0.1, -0.05) is 30.3 Å². The van der Waals surface area contributed by atoms with Crippen molar-refractivity contribution < 1.29 is 24.5 Å². The second kappa shape index (κ2) is 5.78. The van der Waals surface area contributed by atoms with E-state index in [0.717, 1.165) is 5.56 Å². The van der Waals surface area contributed by atoms with Gasteiger partial charge in [0.05, 0.1) is 6.54 Å². The lowest BCUT2D eigenvalue weighted by molar-refractivity contribution is -0.161. The molecular formula is C14H19NO5. The molecule has 1 aromatic rings. The van der Waals surface area contributed by atoms with Crippen LogP contribution in [0.15, 0.2) is 30.3 Å². The van der Waals surface area contributed by atoms with Crippen molar-refractivity contribution in [2.24, 2.45) is 0 Å². The summed E-state index contributed by atoms with van der Waals surface area (Å²) in [4.78, 5) is 13.4. The Morgan fingerprint density at radius 2 is 2.10 bits per heavy atom. The van der Waals surface area contributed by atoms with Crippen LogP contribution in [0.5, 0.6) is 0 Å². The number of aliphatic hydroxyl groups excluding tert-OH is 1. The summed E-state index contributed by atoms with van der Waals surface area (Å²) in [6.07, 6.45) is -2.99. The number of aliphatic hydroxyl groups is 2. The normalized spacial score (nSPS) is 21.2. The molecule has 6 heteroatoms. The third-order valence-corrected chi connectivity index (χ3v) is 3.21. The molecule has 1 saturated heterocycles. The van der Waals surface area contributed by atoms with Crippen LogP contribution in [0.3, 0.4) is 0 Å². The molecule has 1 heterocycles. The highest BCUT2D eigenvalue weighted by atomic mass is 16.6. The van der Waals surface area contributed by atoms with Crippen LogP contribution in [-0.2, 0) is 16.1 Å². The average Bonchev–Trinajstić information content (AvgIpc) is 2.73. The number of nitrogens with zero attached hydrogens (tertiary/aromatic N) is 1. The van der Waals surface area contributed by atoms with Gasteiger partial charge in [-0.3, -0.25) is 4.90 Å². The average molecular weight is 281 g/mol. The van der Waals surface area contributed by atoms with Crippen molar-refractivity contribution in [3.05, 3.63) is 35.9 Å². The number of carbonyl (C=O) groups is 1. The van der Waals surface area contributed by atoms with Gasteiger partial charge in [-0.05, 0) is 19.4 Å². The zero-order valence-electron chi connectivity index (χ0n) is 11.5. The van der Waals surface area contributed by atoms with Crippen molar-refractivity contribution in [3.8, 4) is 0 Å². The molecule has 1 fully saturated rings. The minimum absolute atomic E-state index is 0.0816. The minimum Gasteiger partial charge on any atom is -0.444 e. The van der Waals surface area contributed by atoms with E-state index >= 15 is 0 Å². The number of hydrogen-bond acceptors (Lipinski definition) is 5. The lowest BCUT2D eigenvalue weighted by Crippen LogP contribution is -2.43. The van der Waals surface area contributed by atoms with E-state index in [9.17, 15) is 4.79 Å². The van der Waals surface area contributed by atoms with Gasteiger partial charge in [0, 0.05) is 0 Å². The molecule has 2 rings (SSSR count). The number of rotatable bonds is 3. The fourth-order valence-electron chi connectivity index (χ4n) is 2.12. The van der Waals surface area contributed by atoms with Gasteiger partial charge in [0.25, 0.3) is 0 Å². The quantitative estimate of drug-likeness (QED) is 0.810. The smallest absolute Gasteiger partial charge is 0.412 e. The Kier molecular flexibility index (Phi) is 4.27. The summed E-state index contributed by atoms with van der Waals surface area (Å²) in [6, 6.07) is 9.34. The third-order valence-electron chi connectivity index (χ3n) is 3.21. The van der Waals surface area contributed by atoms with Crippen molar-refractivity contribution in [1.29, 1.82) is 0 Å². The topological polar surface area (TPSA) is 79.2 Å². The SMILES string of the molecule is CC1(C)O[C@H](C(O)O)CN1C(=O)OCc1ccccc1. The van der Waals surface area contributed by atoms with E-state index in [1.807, 2.05) is 30.3 Å². The maximum atomic E-state index is 12.1. The lowest BCUT2D eigenvalue weighted by Gasteiger charge is -2.28. The Morgan fingerprint density at radius 1 is 1.45 bits per heavy atom. The largest absolute Gasteiger partial charge is 0.444 e. The number of hydrogen-bond donors (Lipinski definition) is 2. The summed E-state index contributed by atoms with van der Waals surface area (Å²) < 4.78 is 10.6. The molecule has 1 aliphatic rings. The van der Waals surface area contributed by atoms with Crippen molar-refractivity contribution in [2.45, 2.75) is 38.6 Å². The van der Waals surface area contributed by atoms with Crippen molar-refractivity contribution in [1.82, 2.24) is 4.90 Å². The van der Waals surface area contributed by atoms with Crippen molar-refractivity contribution in [3.63, 3.8) is 0 Å². The van der Waals surface area contributed by atoms with E-state index < -0.39 is 24.2 Å². The fourth-order valence-corrected chi connectivity index (χ4v) is 2.12. The first kappa shape index (κ1) is 14.8. The molecule has 0 radical (unpaired) electrons. The van der Waals surface area contributed by atoms with Gasteiger partial charge in [0.15, 0.2) is 6.29 Å². The van der Waals surface area contributed by atoms with Crippen molar-refractivity contribution in [2.75, 3.05) is 6.54 Å². The summed E-state index contributed by atoms with van der Waals surface area (Å²) in [7, 11) is 0. The fraction of sp³-hybridized carbons (Fsp3) is 0.500. The van der Waals surface area contributed by atoms with Crippen LogP contribution in [0, 0.1) is 0 Å². The van der Waals surface area contributed by atoms with Gasteiger partial charge < -0.3 is 19.7 Å². The summed E-state index contributed by atoms with van der Waals surface area (Å²) in [5.41, 5.74) is -0.0418. The Labute approximate surface area is 117 Å². The Morgan fingerprint density at radius 3 is 2.65 bits per heavy atom. The molecule has 1 amide bonds. The molecule has 0 saturated carbocycles. The Balaban J connectivity index is 1.95. The maximum absolute atomic E-state index is 12.1. The molecule has 110 valence electrons. The number of carbonyl (C=O) groups excluding carboxylic acids is 1. The molecule has 1 aromatic carbocycles. The van der Waals surface area contributed by atoms with E-state index in [2.05, 4.69) is 0 Å². The minimum atomic E-state index is -1.62. The zero-order valence-corrected chi connectivity index (χ0v) is 11.5. The van der Waals surface area contributed by atoms with Crippen LogP contribution < -0.4 is 0 Å². The van der Waals surface area contributed by atoms with Gasteiger partial charge in [-0.2, -0.15) is 0 Å². The summed E-state index contributed by atoms with van der Waals surface area (Å²) in [6.45, 7) is 3.61. The van der Waals surface area contributed by atoms with Gasteiger partial charge in [0.1, 0.15) is 18.4 Å². The molecule has 1 aliphatic heterocycles. The molecule has 1 atom stereocenters. The van der Waals surface area contributed by atoms with E-state index in [0.29, 0.717) is 0 Å². The molecule has 20 heavy (non-hydrogen) atoms. The second-order valence-corrected chi connectivity index (χ2v) is 5.17. The van der Waals surface area contributed by atoms with Gasteiger partial charge >= 0.3 is 6.09 Å². The molecule has 0 aliphatic carbocycles. The summed E-state index contributed by atoms with van der Waals surface area (Å²) >= 11 is 0. The van der Waals surface area contributed by atoms with E-state index in [4.69, 9.17) is 19.7 Å². The van der Waals surface area contributed by atoms with E-state index in [1.54, 1.807) is 13.8 Å². The highest BCUT2D eigenvalue weighted by Gasteiger charge is 2.45. The first-order valence-corrected chi connectivity index (χ1v) is 6.42. The predicted molar refractivity (Wildman–Crippen MR) is 70.5 cm³/mol. The van der Waals surface area contributed by atoms with Gasteiger partial charge in [-0.25, -0.2) is 4.79 Å². The highest BCUT2D eigenvalue weighted by Crippen LogP contribution is 2.28. The molecular weight excluding hydrogens is 262 g/mol. The van der Waals surface area contributed by atoms with E-state index in [-0.39, 0.29) is 13.2 Å². The standard InChI is InChI=1S/C14H19NO5/c1-14(2)15(8-11(20-14)12(16)17)13(18)19-9-10-6-4-3-5-7-10/h3-7,11-12,16-17H,8-9H2,1-2H3/t11-/m0/s1. The maximum Gasteiger partial charge on any atom is 0.412 e. The van der Waals surface area contributed by atoms with Crippen LogP contribution >= 0.6 is 0 Å². The Hall–Kier alpha value is -1.63. The van der Waals surface area contributed by atoms with Crippen LogP contribution in [0.25, 0.3) is 0 Å². The van der Waals surface area contributed by atoms with Gasteiger partial charge in [-0.15, -0.1) is 0 Å². The predicted octanol–water partition coefficient (Wildman–Crippen LogP) is 1.07. The van der Waals surface area contributed by atoms with Crippen LogP contribution in [0.4, 0.5) is 4.79 Å². The van der Waals surface area contributed by atoms with Crippen LogP contribution in [-0.4, -0.2) is 45.9 Å². The number of benzene rings is 1. The molecule has 2 N–H and O–H groups in total. The van der Waals surface area contributed by atoms with Crippen LogP contribution in [0.2, 0.25) is 0 Å². The van der Waals surface area contributed by atoms with Crippen LogP contribution in [0.1, 0.15) is 19.4 Å². The van der Waals surface area contributed by atoms with Crippen molar-refractivity contribution >= 4 is 6.09 Å². The molecule has 0 aromatic heterocycles. The molecule has 0 unspecified atom stereocenters. The highest BCUT2D eigenvalue weighted by molar-refractivity contribution is 5.68. The van der Waals surface area contributed by atoms with Gasteiger partial charge in [0.2, 0.25) is 0 Å². The second-order valence-electron chi connectivity index (χ2n) is 5.17. The first-order valence-electron chi connectivity index (χ1n) is 6.42. The molecule has 0 spiro atoms. The molecule has 0 bridgehead atoms. The zero-order chi connectivity index (χ0) is 14.8. The molecule has 6 nitrogen and oxygen atoms in total. The monoisotopic (exact) mass is 281 g/mol. The lowest BCUT2D eigenvalue weighted by atomic mass is 10.2. The number of amides is 1. The Bertz CT molecular complexity index is 460. The number of ether oxygens (including phenoxy) is 2. The third kappa shape index (κ3) is 3.27. The summed E-state index contributed by atoms with van der Waals surface area (Å²) in [5, 5.41) is 18.3.